The van der Waals surface area contributed by atoms with Crippen molar-refractivity contribution in [3.05, 3.63) is 48.2 Å². The van der Waals surface area contributed by atoms with Crippen LogP contribution in [0.4, 0.5) is 0 Å². The molecule has 0 radical (unpaired) electrons. The molecule has 0 saturated carbocycles. The molecule has 0 bridgehead atoms. The molecule has 0 aliphatic heterocycles. The molecule has 1 N–H and O–H groups in total. The van der Waals surface area contributed by atoms with E-state index in [1.807, 2.05) is 22.9 Å². The van der Waals surface area contributed by atoms with Gasteiger partial charge in [0, 0.05) is 16.5 Å². The number of furan rings is 1. The molecular weight excluding hydrogens is 264 g/mol. The molecule has 0 fully saturated rings. The minimum atomic E-state index is 0.0451. The van der Waals surface area contributed by atoms with Crippen molar-refractivity contribution in [2.24, 2.45) is 0 Å². The second-order valence-corrected chi connectivity index (χ2v) is 6.20. The average Bonchev–Trinajstić information content (AvgIpc) is 3.05. The lowest BCUT2D eigenvalue weighted by Gasteiger charge is -2.20. The molecule has 3 aromatic rings. The van der Waals surface area contributed by atoms with E-state index in [1.54, 1.807) is 12.7 Å². The monoisotopic (exact) mass is 284 g/mol. The number of hydrogen-bond acceptors (Lipinski definition) is 4. The molecule has 5 nitrogen and oxygen atoms in total. The fourth-order valence-corrected chi connectivity index (χ4v) is 2.29. The van der Waals surface area contributed by atoms with E-state index < -0.39 is 0 Å². The van der Waals surface area contributed by atoms with Crippen LogP contribution in [-0.2, 0) is 13.1 Å². The zero-order valence-corrected chi connectivity index (χ0v) is 12.6. The molecule has 0 aliphatic carbocycles. The van der Waals surface area contributed by atoms with Gasteiger partial charge in [-0.05, 0) is 26.8 Å². The SMILES string of the molecule is CC(C)(C)NCc1oc2ccccc2c1Cn1cncn1. The summed E-state index contributed by atoms with van der Waals surface area (Å²) in [6.45, 7) is 7.80. The Kier molecular flexibility index (Phi) is 3.51. The van der Waals surface area contributed by atoms with E-state index in [0.717, 1.165) is 22.3 Å². The maximum Gasteiger partial charge on any atom is 0.137 e. The van der Waals surface area contributed by atoms with E-state index in [2.05, 4.69) is 42.2 Å². The Hall–Kier alpha value is -2.14. The van der Waals surface area contributed by atoms with Crippen molar-refractivity contribution in [2.75, 3.05) is 0 Å². The summed E-state index contributed by atoms with van der Waals surface area (Å²) < 4.78 is 7.84. The molecule has 0 saturated heterocycles. The quantitative estimate of drug-likeness (QED) is 0.800. The number of nitrogens with one attached hydrogen (secondary N) is 1. The second-order valence-electron chi connectivity index (χ2n) is 6.20. The van der Waals surface area contributed by atoms with E-state index in [1.165, 1.54) is 0 Å². The van der Waals surface area contributed by atoms with Gasteiger partial charge in [-0.25, -0.2) is 9.67 Å². The van der Waals surface area contributed by atoms with Crippen LogP contribution in [-0.4, -0.2) is 20.3 Å². The standard InChI is InChI=1S/C16H20N4O/c1-16(2,3)18-8-15-13(9-20-11-17-10-19-20)12-6-4-5-7-14(12)21-15/h4-7,10-11,18H,8-9H2,1-3H3. The van der Waals surface area contributed by atoms with Crippen molar-refractivity contribution in [3.8, 4) is 0 Å². The third-order valence-corrected chi connectivity index (χ3v) is 3.35. The fraction of sp³-hybridized carbons (Fsp3) is 0.375. The maximum atomic E-state index is 6.02. The van der Waals surface area contributed by atoms with Crippen molar-refractivity contribution in [1.29, 1.82) is 0 Å². The zero-order valence-electron chi connectivity index (χ0n) is 12.6. The molecule has 0 spiro atoms. The minimum Gasteiger partial charge on any atom is -0.459 e. The third kappa shape index (κ3) is 3.13. The lowest BCUT2D eigenvalue weighted by molar-refractivity contribution is 0.392. The third-order valence-electron chi connectivity index (χ3n) is 3.35. The van der Waals surface area contributed by atoms with E-state index >= 15 is 0 Å². The molecule has 2 aromatic heterocycles. The van der Waals surface area contributed by atoms with Crippen molar-refractivity contribution < 1.29 is 4.42 Å². The van der Waals surface area contributed by atoms with Crippen LogP contribution in [0.1, 0.15) is 32.1 Å². The Bertz CT molecular complexity index is 722. The molecule has 0 atom stereocenters. The molecule has 2 heterocycles. The highest BCUT2D eigenvalue weighted by Gasteiger charge is 2.17. The molecule has 3 rings (SSSR count). The van der Waals surface area contributed by atoms with Crippen LogP contribution in [0.3, 0.4) is 0 Å². The Balaban J connectivity index is 1.97. The average molecular weight is 284 g/mol. The number of benzene rings is 1. The largest absolute Gasteiger partial charge is 0.459 e. The van der Waals surface area contributed by atoms with Gasteiger partial charge in [0.25, 0.3) is 0 Å². The maximum absolute atomic E-state index is 6.02. The van der Waals surface area contributed by atoms with Gasteiger partial charge >= 0.3 is 0 Å². The van der Waals surface area contributed by atoms with Crippen LogP contribution < -0.4 is 5.32 Å². The van der Waals surface area contributed by atoms with Gasteiger partial charge in [-0.2, -0.15) is 5.10 Å². The predicted octanol–water partition coefficient (Wildman–Crippen LogP) is 2.96. The topological polar surface area (TPSA) is 55.9 Å². The summed E-state index contributed by atoms with van der Waals surface area (Å²) in [5.41, 5.74) is 2.12. The van der Waals surface area contributed by atoms with Gasteiger partial charge < -0.3 is 9.73 Å². The summed E-state index contributed by atoms with van der Waals surface area (Å²) in [5, 5.41) is 8.81. The summed E-state index contributed by atoms with van der Waals surface area (Å²) in [4.78, 5) is 4.00. The van der Waals surface area contributed by atoms with E-state index in [0.29, 0.717) is 13.1 Å². The summed E-state index contributed by atoms with van der Waals surface area (Å²) >= 11 is 0. The summed E-state index contributed by atoms with van der Waals surface area (Å²) in [5.74, 6) is 0.960. The van der Waals surface area contributed by atoms with Gasteiger partial charge in [-0.1, -0.05) is 18.2 Å². The van der Waals surface area contributed by atoms with Gasteiger partial charge in [0.1, 0.15) is 24.0 Å². The van der Waals surface area contributed by atoms with Crippen molar-refractivity contribution in [3.63, 3.8) is 0 Å². The highest BCUT2D eigenvalue weighted by molar-refractivity contribution is 5.82. The number of fused-ring (bicyclic) bond motifs is 1. The van der Waals surface area contributed by atoms with E-state index in [-0.39, 0.29) is 5.54 Å². The number of nitrogens with zero attached hydrogens (tertiary/aromatic N) is 3. The molecule has 110 valence electrons. The Morgan fingerprint density at radius 1 is 1.24 bits per heavy atom. The number of aromatic nitrogens is 3. The van der Waals surface area contributed by atoms with Crippen molar-refractivity contribution >= 4 is 11.0 Å². The summed E-state index contributed by atoms with van der Waals surface area (Å²) in [7, 11) is 0. The molecule has 21 heavy (non-hydrogen) atoms. The summed E-state index contributed by atoms with van der Waals surface area (Å²) in [6, 6.07) is 8.11. The van der Waals surface area contributed by atoms with Gasteiger partial charge in [0.2, 0.25) is 0 Å². The number of rotatable bonds is 4. The Morgan fingerprint density at radius 3 is 2.76 bits per heavy atom. The first-order chi connectivity index (χ1) is 10.0. The van der Waals surface area contributed by atoms with Crippen molar-refractivity contribution in [2.45, 2.75) is 39.4 Å². The molecule has 0 amide bonds. The van der Waals surface area contributed by atoms with Crippen LogP contribution in [0.25, 0.3) is 11.0 Å². The zero-order chi connectivity index (χ0) is 14.9. The fourth-order valence-electron chi connectivity index (χ4n) is 2.29. The lowest BCUT2D eigenvalue weighted by Crippen LogP contribution is -2.35. The van der Waals surface area contributed by atoms with Crippen molar-refractivity contribution in [1.82, 2.24) is 20.1 Å². The van der Waals surface area contributed by atoms with Gasteiger partial charge in [-0.15, -0.1) is 0 Å². The molecule has 5 heteroatoms. The van der Waals surface area contributed by atoms with Gasteiger partial charge in [0.15, 0.2) is 0 Å². The van der Waals surface area contributed by atoms with E-state index in [9.17, 15) is 0 Å². The first-order valence-corrected chi connectivity index (χ1v) is 7.10. The Morgan fingerprint density at radius 2 is 2.05 bits per heavy atom. The number of para-hydroxylation sites is 1. The van der Waals surface area contributed by atoms with E-state index in [4.69, 9.17) is 4.42 Å². The number of hydrogen-bond donors (Lipinski definition) is 1. The van der Waals surface area contributed by atoms with Crippen LogP contribution in [0, 0.1) is 0 Å². The normalized spacial score (nSPS) is 12.1. The van der Waals surface area contributed by atoms with Crippen LogP contribution >= 0.6 is 0 Å². The van der Waals surface area contributed by atoms with Crippen LogP contribution in [0.2, 0.25) is 0 Å². The molecule has 0 aliphatic rings. The predicted molar refractivity (Wildman–Crippen MR) is 81.9 cm³/mol. The van der Waals surface area contributed by atoms with Gasteiger partial charge in [-0.3, -0.25) is 0 Å². The highest BCUT2D eigenvalue weighted by atomic mass is 16.3. The molecular formula is C16H20N4O. The highest BCUT2D eigenvalue weighted by Crippen LogP contribution is 2.26. The lowest BCUT2D eigenvalue weighted by atomic mass is 10.1. The smallest absolute Gasteiger partial charge is 0.137 e. The minimum absolute atomic E-state index is 0.0451. The van der Waals surface area contributed by atoms with Gasteiger partial charge in [0.05, 0.1) is 13.1 Å². The molecule has 0 unspecified atom stereocenters. The molecule has 1 aromatic carbocycles. The van der Waals surface area contributed by atoms with Crippen LogP contribution in [0.5, 0.6) is 0 Å². The second kappa shape index (κ2) is 5.33. The summed E-state index contributed by atoms with van der Waals surface area (Å²) in [6.07, 6.45) is 3.28. The first kappa shape index (κ1) is 13.8. The van der Waals surface area contributed by atoms with Crippen LogP contribution in [0.15, 0.2) is 41.3 Å². The Labute approximate surface area is 124 Å². The first-order valence-electron chi connectivity index (χ1n) is 7.10.